The molecule has 1 aliphatic carbocycles. The molecule has 0 aromatic rings. The van der Waals surface area contributed by atoms with E-state index in [1.54, 1.807) is 0 Å². The fraction of sp³-hybridized carbons (Fsp3) is 0.800. The van der Waals surface area contributed by atoms with E-state index in [0.717, 1.165) is 0 Å². The van der Waals surface area contributed by atoms with E-state index in [0.29, 0.717) is 19.1 Å². The molecule has 80 valence electrons. The van der Waals surface area contributed by atoms with Crippen molar-refractivity contribution in [1.82, 2.24) is 0 Å². The third kappa shape index (κ3) is 2.39. The smallest absolute Gasteiger partial charge is 0.129 e. The van der Waals surface area contributed by atoms with Crippen molar-refractivity contribution in [1.29, 1.82) is 0 Å². The quantitative estimate of drug-likeness (QED) is 0.622. The number of hydrogen-bond acceptors (Lipinski definition) is 4. The molecule has 0 saturated heterocycles. The largest absolute Gasteiger partial charge is 0.393 e. The van der Waals surface area contributed by atoms with Crippen LogP contribution in [0.3, 0.4) is 0 Å². The Morgan fingerprint density at radius 3 is 2.57 bits per heavy atom. The summed E-state index contributed by atoms with van der Waals surface area (Å²) < 4.78 is 0. The third-order valence-electron chi connectivity index (χ3n) is 2.90. The van der Waals surface area contributed by atoms with Gasteiger partial charge in [-0.3, -0.25) is 0 Å². The number of carbonyl (C=O) groups excluding carboxylic acids is 2. The summed E-state index contributed by atoms with van der Waals surface area (Å²) in [4.78, 5) is 21.4. The van der Waals surface area contributed by atoms with Crippen LogP contribution in [0.5, 0.6) is 0 Å². The molecule has 0 aliphatic heterocycles. The van der Waals surface area contributed by atoms with Crippen LogP contribution in [0.2, 0.25) is 0 Å². The fourth-order valence-corrected chi connectivity index (χ4v) is 2.07. The molecule has 0 aromatic carbocycles. The molecular weight excluding hydrogens is 184 g/mol. The van der Waals surface area contributed by atoms with Gasteiger partial charge in [-0.1, -0.05) is 0 Å². The van der Waals surface area contributed by atoms with Crippen molar-refractivity contribution in [2.24, 2.45) is 11.8 Å². The Hall–Kier alpha value is -0.740. The second-order valence-corrected chi connectivity index (χ2v) is 3.99. The normalized spacial score (nSPS) is 37.1. The number of carbonyl (C=O) groups is 2. The standard InChI is InChI=1S/C10H16O4/c1-6(12)2-3-7-8(5-11)10(14)4-9(7)13/h5,7-10,13-14H,2-4H2,1H3/t7-,8+,9-,10+/m1/s1. The molecule has 14 heavy (non-hydrogen) atoms. The van der Waals surface area contributed by atoms with Crippen LogP contribution in [-0.2, 0) is 9.59 Å². The first-order valence-corrected chi connectivity index (χ1v) is 4.87. The molecule has 1 rings (SSSR count). The lowest BCUT2D eigenvalue weighted by Gasteiger charge is -2.17. The van der Waals surface area contributed by atoms with E-state index in [4.69, 9.17) is 0 Å². The highest BCUT2D eigenvalue weighted by atomic mass is 16.3. The van der Waals surface area contributed by atoms with Gasteiger partial charge < -0.3 is 19.8 Å². The van der Waals surface area contributed by atoms with Crippen molar-refractivity contribution in [2.45, 2.75) is 38.4 Å². The van der Waals surface area contributed by atoms with Gasteiger partial charge in [0.2, 0.25) is 0 Å². The minimum atomic E-state index is -0.751. The maximum Gasteiger partial charge on any atom is 0.129 e. The van der Waals surface area contributed by atoms with Gasteiger partial charge in [-0.05, 0) is 19.3 Å². The highest BCUT2D eigenvalue weighted by Crippen LogP contribution is 2.34. The Morgan fingerprint density at radius 2 is 2.07 bits per heavy atom. The van der Waals surface area contributed by atoms with Crippen molar-refractivity contribution in [3.05, 3.63) is 0 Å². The molecule has 4 heteroatoms. The summed E-state index contributed by atoms with van der Waals surface area (Å²) in [6.45, 7) is 1.48. The molecule has 4 atom stereocenters. The maximum absolute atomic E-state index is 10.8. The Labute approximate surface area is 82.9 Å². The molecular formula is C10H16O4. The van der Waals surface area contributed by atoms with Crippen LogP contribution in [0.25, 0.3) is 0 Å². The van der Waals surface area contributed by atoms with Crippen LogP contribution in [0.1, 0.15) is 26.2 Å². The Balaban J connectivity index is 2.55. The molecule has 0 amide bonds. The first-order chi connectivity index (χ1) is 6.56. The molecule has 1 saturated carbocycles. The van der Waals surface area contributed by atoms with Gasteiger partial charge in [0.15, 0.2) is 0 Å². The number of aliphatic hydroxyl groups is 2. The number of aliphatic hydroxyl groups excluding tert-OH is 2. The van der Waals surface area contributed by atoms with Gasteiger partial charge in [0.25, 0.3) is 0 Å². The van der Waals surface area contributed by atoms with E-state index in [9.17, 15) is 19.8 Å². The predicted octanol–water partition coefficient (Wildman–Crippen LogP) is -0.0876. The fourth-order valence-electron chi connectivity index (χ4n) is 2.07. The monoisotopic (exact) mass is 200 g/mol. The molecule has 1 aliphatic rings. The molecule has 0 bridgehead atoms. The predicted molar refractivity (Wildman–Crippen MR) is 49.6 cm³/mol. The molecule has 4 nitrogen and oxygen atoms in total. The van der Waals surface area contributed by atoms with Crippen molar-refractivity contribution in [3.8, 4) is 0 Å². The maximum atomic E-state index is 10.8. The van der Waals surface area contributed by atoms with Crippen molar-refractivity contribution < 1.29 is 19.8 Å². The van der Waals surface area contributed by atoms with Crippen LogP contribution >= 0.6 is 0 Å². The van der Waals surface area contributed by atoms with E-state index in [2.05, 4.69) is 0 Å². The van der Waals surface area contributed by atoms with Gasteiger partial charge in [-0.15, -0.1) is 0 Å². The zero-order valence-corrected chi connectivity index (χ0v) is 8.22. The van der Waals surface area contributed by atoms with E-state index in [-0.39, 0.29) is 18.1 Å². The molecule has 2 N–H and O–H groups in total. The van der Waals surface area contributed by atoms with E-state index >= 15 is 0 Å². The minimum absolute atomic E-state index is 0.0447. The zero-order chi connectivity index (χ0) is 10.7. The van der Waals surface area contributed by atoms with Crippen LogP contribution in [0.4, 0.5) is 0 Å². The van der Waals surface area contributed by atoms with Gasteiger partial charge in [0, 0.05) is 18.8 Å². The summed E-state index contributed by atoms with van der Waals surface area (Å²) in [5.74, 6) is -0.723. The average Bonchev–Trinajstić information content (AvgIpc) is 2.36. The molecule has 0 spiro atoms. The first kappa shape index (κ1) is 11.3. The second kappa shape index (κ2) is 4.66. The van der Waals surface area contributed by atoms with Crippen molar-refractivity contribution >= 4 is 12.1 Å². The Kier molecular flexibility index (Phi) is 3.77. The SMILES string of the molecule is CC(=O)CC[C@@H]1[C@H](C=O)[C@@H](O)C[C@H]1O. The lowest BCUT2D eigenvalue weighted by atomic mass is 9.90. The second-order valence-electron chi connectivity index (χ2n) is 3.99. The lowest BCUT2D eigenvalue weighted by Crippen LogP contribution is -2.23. The molecule has 0 unspecified atom stereocenters. The topological polar surface area (TPSA) is 74.6 Å². The number of ketones is 1. The van der Waals surface area contributed by atoms with Crippen LogP contribution < -0.4 is 0 Å². The third-order valence-corrected chi connectivity index (χ3v) is 2.90. The summed E-state index contributed by atoms with van der Waals surface area (Å²) in [6, 6.07) is 0. The first-order valence-electron chi connectivity index (χ1n) is 4.87. The van der Waals surface area contributed by atoms with Crippen LogP contribution in [0.15, 0.2) is 0 Å². The Bertz CT molecular complexity index is 226. The summed E-state index contributed by atoms with van der Waals surface area (Å²) in [5.41, 5.74) is 0. The molecule has 1 fully saturated rings. The number of hydrogen-bond donors (Lipinski definition) is 2. The van der Waals surface area contributed by atoms with Gasteiger partial charge in [-0.25, -0.2) is 0 Å². The van der Waals surface area contributed by atoms with Crippen LogP contribution in [0, 0.1) is 11.8 Å². The average molecular weight is 200 g/mol. The van der Waals surface area contributed by atoms with Crippen molar-refractivity contribution in [3.63, 3.8) is 0 Å². The molecule has 0 radical (unpaired) electrons. The van der Waals surface area contributed by atoms with Gasteiger partial charge in [0.05, 0.1) is 12.2 Å². The van der Waals surface area contributed by atoms with E-state index < -0.39 is 18.1 Å². The summed E-state index contributed by atoms with van der Waals surface area (Å²) >= 11 is 0. The minimum Gasteiger partial charge on any atom is -0.393 e. The highest BCUT2D eigenvalue weighted by molar-refractivity contribution is 5.75. The molecule has 0 heterocycles. The Morgan fingerprint density at radius 1 is 1.43 bits per heavy atom. The lowest BCUT2D eigenvalue weighted by molar-refractivity contribution is -0.119. The van der Waals surface area contributed by atoms with Crippen LogP contribution in [-0.4, -0.2) is 34.5 Å². The number of aldehydes is 1. The number of rotatable bonds is 4. The highest BCUT2D eigenvalue weighted by Gasteiger charge is 2.41. The number of Topliss-reactive ketones (excluding diaryl/α,β-unsaturated/α-hetero) is 1. The summed E-state index contributed by atoms with van der Waals surface area (Å²) in [7, 11) is 0. The zero-order valence-electron chi connectivity index (χ0n) is 8.22. The molecule has 0 aromatic heterocycles. The summed E-state index contributed by atoms with van der Waals surface area (Å²) in [6.07, 6.45) is 0.368. The van der Waals surface area contributed by atoms with Gasteiger partial charge >= 0.3 is 0 Å². The summed E-state index contributed by atoms with van der Waals surface area (Å²) in [5, 5.41) is 19.0. The van der Waals surface area contributed by atoms with E-state index in [1.165, 1.54) is 6.92 Å². The van der Waals surface area contributed by atoms with Gasteiger partial charge in [0.1, 0.15) is 12.1 Å². The van der Waals surface area contributed by atoms with E-state index in [1.807, 2.05) is 0 Å². The van der Waals surface area contributed by atoms with Crippen molar-refractivity contribution in [2.75, 3.05) is 0 Å². The van der Waals surface area contributed by atoms with Gasteiger partial charge in [-0.2, -0.15) is 0 Å².